The minimum atomic E-state index is -0.505. The van der Waals surface area contributed by atoms with Gasteiger partial charge in [-0.3, -0.25) is 4.79 Å². The molecule has 1 aromatic rings. The number of aromatic nitrogens is 1. The van der Waals surface area contributed by atoms with Crippen molar-refractivity contribution in [3.05, 3.63) is 18.0 Å². The number of hydrogen-bond acceptors (Lipinski definition) is 5. The Labute approximate surface area is 151 Å². The SMILES string of the molecule is N[C@H](C1CCN(C(=O)c2cnoc2)CC1)C1CC(Cl)C(Cl)CC1O. The van der Waals surface area contributed by atoms with Gasteiger partial charge in [0.15, 0.2) is 0 Å². The first-order chi connectivity index (χ1) is 11.5. The summed E-state index contributed by atoms with van der Waals surface area (Å²) in [5, 5.41) is 13.5. The van der Waals surface area contributed by atoms with Gasteiger partial charge in [0.2, 0.25) is 0 Å². The lowest BCUT2D eigenvalue weighted by Crippen LogP contribution is -2.51. The van der Waals surface area contributed by atoms with Gasteiger partial charge < -0.3 is 20.3 Å². The Balaban J connectivity index is 1.55. The molecule has 4 unspecified atom stereocenters. The second kappa shape index (κ2) is 7.60. The molecule has 2 fully saturated rings. The van der Waals surface area contributed by atoms with Gasteiger partial charge in [0.1, 0.15) is 6.26 Å². The topological polar surface area (TPSA) is 92.6 Å². The zero-order valence-corrected chi connectivity index (χ0v) is 14.9. The molecule has 8 heteroatoms. The Morgan fingerprint density at radius 3 is 2.62 bits per heavy atom. The first-order valence-corrected chi connectivity index (χ1v) is 9.25. The van der Waals surface area contributed by atoms with Crippen LogP contribution in [0.5, 0.6) is 0 Å². The Morgan fingerprint density at radius 1 is 1.33 bits per heavy atom. The van der Waals surface area contributed by atoms with E-state index in [1.165, 1.54) is 12.5 Å². The number of nitrogens with zero attached hydrogens (tertiary/aromatic N) is 2. The molecule has 1 saturated carbocycles. The van der Waals surface area contributed by atoms with Crippen molar-refractivity contribution < 1.29 is 14.4 Å². The number of alkyl halides is 2. The van der Waals surface area contributed by atoms with Crippen LogP contribution in [0.25, 0.3) is 0 Å². The number of nitrogens with two attached hydrogens (primary N) is 1. The predicted molar refractivity (Wildman–Crippen MR) is 91.1 cm³/mol. The number of carbonyl (C=O) groups excluding carboxylic acids is 1. The number of likely N-dealkylation sites (tertiary alicyclic amines) is 1. The fourth-order valence-electron chi connectivity index (χ4n) is 3.86. The molecule has 1 amide bonds. The number of carbonyl (C=O) groups is 1. The first-order valence-electron chi connectivity index (χ1n) is 8.37. The fourth-order valence-corrected chi connectivity index (χ4v) is 4.46. The first kappa shape index (κ1) is 18.0. The molecule has 3 rings (SSSR count). The number of aliphatic hydroxyl groups excluding tert-OH is 1. The lowest BCUT2D eigenvalue weighted by atomic mass is 9.74. The molecule has 2 aliphatic rings. The predicted octanol–water partition coefficient (Wildman–Crippen LogP) is 1.84. The molecule has 0 aromatic carbocycles. The van der Waals surface area contributed by atoms with Crippen LogP contribution in [-0.2, 0) is 0 Å². The van der Waals surface area contributed by atoms with E-state index in [1.54, 1.807) is 4.90 Å². The maximum Gasteiger partial charge on any atom is 0.258 e. The van der Waals surface area contributed by atoms with E-state index in [0.717, 1.165) is 12.8 Å². The Hall–Kier alpha value is -0.820. The molecule has 1 saturated heterocycles. The molecule has 24 heavy (non-hydrogen) atoms. The molecule has 0 radical (unpaired) electrons. The van der Waals surface area contributed by atoms with E-state index < -0.39 is 6.10 Å². The highest BCUT2D eigenvalue weighted by atomic mass is 35.5. The van der Waals surface area contributed by atoms with Crippen molar-refractivity contribution in [2.24, 2.45) is 17.6 Å². The van der Waals surface area contributed by atoms with Gasteiger partial charge in [-0.1, -0.05) is 5.16 Å². The molecular weight excluding hydrogens is 353 g/mol. The van der Waals surface area contributed by atoms with Crippen LogP contribution in [0, 0.1) is 11.8 Å². The normalized spacial score (nSPS) is 33.4. The van der Waals surface area contributed by atoms with E-state index in [4.69, 9.17) is 33.5 Å². The third-order valence-electron chi connectivity index (χ3n) is 5.40. The van der Waals surface area contributed by atoms with Crippen LogP contribution < -0.4 is 5.73 Å². The number of aliphatic hydroxyl groups is 1. The number of halogens is 2. The minimum Gasteiger partial charge on any atom is -0.393 e. The molecule has 0 spiro atoms. The van der Waals surface area contributed by atoms with Gasteiger partial charge in [0, 0.05) is 25.0 Å². The van der Waals surface area contributed by atoms with E-state index in [9.17, 15) is 9.90 Å². The summed E-state index contributed by atoms with van der Waals surface area (Å²) in [6.07, 6.45) is 5.05. The summed E-state index contributed by atoms with van der Waals surface area (Å²) in [6.45, 7) is 1.29. The molecule has 0 bridgehead atoms. The number of hydrogen-bond donors (Lipinski definition) is 2. The molecule has 2 heterocycles. The molecule has 1 aromatic heterocycles. The molecule has 5 atom stereocenters. The zero-order valence-electron chi connectivity index (χ0n) is 13.4. The van der Waals surface area contributed by atoms with E-state index >= 15 is 0 Å². The quantitative estimate of drug-likeness (QED) is 0.786. The van der Waals surface area contributed by atoms with Crippen LogP contribution in [0.2, 0.25) is 0 Å². The van der Waals surface area contributed by atoms with Crippen LogP contribution in [0.15, 0.2) is 17.0 Å². The maximum absolute atomic E-state index is 12.3. The van der Waals surface area contributed by atoms with Crippen molar-refractivity contribution in [1.29, 1.82) is 0 Å². The van der Waals surface area contributed by atoms with E-state index in [1.807, 2.05) is 0 Å². The van der Waals surface area contributed by atoms with Crippen molar-refractivity contribution in [3.63, 3.8) is 0 Å². The lowest BCUT2D eigenvalue weighted by molar-refractivity contribution is 0.0338. The van der Waals surface area contributed by atoms with Crippen molar-refractivity contribution in [1.82, 2.24) is 10.1 Å². The monoisotopic (exact) mass is 375 g/mol. The molecular formula is C16H23Cl2N3O3. The van der Waals surface area contributed by atoms with Crippen LogP contribution in [0.1, 0.15) is 36.0 Å². The molecule has 1 aliphatic carbocycles. The van der Waals surface area contributed by atoms with Crippen molar-refractivity contribution in [3.8, 4) is 0 Å². The summed E-state index contributed by atoms with van der Waals surface area (Å²) in [7, 11) is 0. The lowest BCUT2D eigenvalue weighted by Gasteiger charge is -2.42. The Morgan fingerprint density at radius 2 is 2.00 bits per heavy atom. The van der Waals surface area contributed by atoms with E-state index in [-0.39, 0.29) is 34.5 Å². The maximum atomic E-state index is 12.3. The van der Waals surface area contributed by atoms with Gasteiger partial charge >= 0.3 is 0 Å². The third-order valence-corrected chi connectivity index (χ3v) is 6.49. The summed E-state index contributed by atoms with van der Waals surface area (Å²) < 4.78 is 4.73. The molecule has 6 nitrogen and oxygen atoms in total. The van der Waals surface area contributed by atoms with Gasteiger partial charge in [-0.2, -0.15) is 0 Å². The van der Waals surface area contributed by atoms with Gasteiger partial charge in [-0.25, -0.2) is 0 Å². The number of amides is 1. The molecule has 134 valence electrons. The van der Waals surface area contributed by atoms with Crippen LogP contribution in [0.3, 0.4) is 0 Å². The van der Waals surface area contributed by atoms with Crippen LogP contribution in [-0.4, -0.2) is 57.1 Å². The summed E-state index contributed by atoms with van der Waals surface area (Å²) >= 11 is 12.4. The van der Waals surface area contributed by atoms with Crippen LogP contribution >= 0.6 is 23.2 Å². The smallest absolute Gasteiger partial charge is 0.258 e. The zero-order chi connectivity index (χ0) is 17.3. The summed E-state index contributed by atoms with van der Waals surface area (Å²) in [6, 6.07) is -0.127. The largest absolute Gasteiger partial charge is 0.393 e. The van der Waals surface area contributed by atoms with Gasteiger partial charge in [-0.15, -0.1) is 23.2 Å². The van der Waals surface area contributed by atoms with Crippen molar-refractivity contribution in [2.75, 3.05) is 13.1 Å². The summed E-state index contributed by atoms with van der Waals surface area (Å²) in [5.74, 6) is 0.173. The Kier molecular flexibility index (Phi) is 5.70. The second-order valence-electron chi connectivity index (χ2n) is 6.85. The van der Waals surface area contributed by atoms with Gasteiger partial charge in [0.25, 0.3) is 5.91 Å². The molecule has 3 N–H and O–H groups in total. The highest BCUT2D eigenvalue weighted by Gasteiger charge is 2.40. The van der Waals surface area contributed by atoms with Crippen molar-refractivity contribution >= 4 is 29.1 Å². The van der Waals surface area contributed by atoms with Gasteiger partial charge in [0.05, 0.1) is 28.6 Å². The fraction of sp³-hybridized carbons (Fsp3) is 0.750. The highest BCUT2D eigenvalue weighted by Crippen LogP contribution is 2.37. The van der Waals surface area contributed by atoms with E-state index in [2.05, 4.69) is 5.16 Å². The Bertz CT molecular complexity index is 549. The van der Waals surface area contributed by atoms with Crippen LogP contribution in [0.4, 0.5) is 0 Å². The number of piperidine rings is 1. The highest BCUT2D eigenvalue weighted by molar-refractivity contribution is 6.30. The van der Waals surface area contributed by atoms with Gasteiger partial charge in [-0.05, 0) is 31.6 Å². The minimum absolute atomic E-state index is 0.0344. The average Bonchev–Trinajstić information content (AvgIpc) is 3.11. The summed E-state index contributed by atoms with van der Waals surface area (Å²) in [5.41, 5.74) is 6.92. The third kappa shape index (κ3) is 3.72. The summed E-state index contributed by atoms with van der Waals surface area (Å²) in [4.78, 5) is 14.1. The molecule has 1 aliphatic heterocycles. The number of rotatable bonds is 3. The van der Waals surface area contributed by atoms with E-state index in [0.29, 0.717) is 31.5 Å². The second-order valence-corrected chi connectivity index (χ2v) is 7.98. The van der Waals surface area contributed by atoms with Crippen molar-refractivity contribution in [2.45, 2.75) is 48.6 Å². The standard InChI is InChI=1S/C16H23Cl2N3O3/c17-12-5-11(14(22)6-13(12)18)15(19)9-1-3-21(4-2-9)16(23)10-7-20-24-8-10/h7-9,11-15,22H,1-6,19H2/t11?,12?,13?,14?,15-/m1/s1. The average molecular weight is 376 g/mol.